The number of carboxylic acids is 1. The molecule has 1 unspecified atom stereocenters. The average molecular weight is 442 g/mol. The maximum absolute atomic E-state index is 14.4. The zero-order valence-electron chi connectivity index (χ0n) is 17.6. The molecule has 3 rings (SSSR count). The summed E-state index contributed by atoms with van der Waals surface area (Å²) in [6, 6.07) is 9.90. The molecule has 0 aromatic heterocycles. The highest BCUT2D eigenvalue weighted by Gasteiger charge is 2.19. The number of ether oxygens (including phenoxy) is 1. The highest BCUT2D eigenvalue weighted by molar-refractivity contribution is 6.02. The number of nitrogens with one attached hydrogen (secondary N) is 1. The number of carbonyl (C=O) groups excluding carboxylic acids is 1. The smallest absolute Gasteiger partial charge is 0.320 e. The Bertz CT molecular complexity index is 988. The van der Waals surface area contributed by atoms with Crippen LogP contribution < -0.4 is 21.5 Å². The molecule has 1 saturated carbocycles. The van der Waals surface area contributed by atoms with Gasteiger partial charge in [-0.2, -0.15) is 4.99 Å². The zero-order valence-corrected chi connectivity index (χ0v) is 17.6. The van der Waals surface area contributed by atoms with E-state index in [9.17, 15) is 14.0 Å². The minimum Gasteiger partial charge on any atom is -0.490 e. The number of halogens is 1. The molecular formula is C23H27FN4O4. The van der Waals surface area contributed by atoms with E-state index in [4.69, 9.17) is 21.3 Å². The molecule has 0 bridgehead atoms. The second kappa shape index (κ2) is 10.7. The second-order valence-corrected chi connectivity index (χ2v) is 7.74. The first-order valence-electron chi connectivity index (χ1n) is 10.5. The summed E-state index contributed by atoms with van der Waals surface area (Å²) in [6.45, 7) is 0.0172. The van der Waals surface area contributed by atoms with E-state index in [1.54, 1.807) is 24.3 Å². The number of rotatable bonds is 8. The molecule has 0 spiro atoms. The van der Waals surface area contributed by atoms with E-state index in [1.165, 1.54) is 18.2 Å². The fourth-order valence-corrected chi connectivity index (χ4v) is 3.52. The van der Waals surface area contributed by atoms with E-state index < -0.39 is 23.7 Å². The fraction of sp³-hybridized carbons (Fsp3) is 0.348. The van der Waals surface area contributed by atoms with Gasteiger partial charge >= 0.3 is 5.97 Å². The molecule has 32 heavy (non-hydrogen) atoms. The van der Waals surface area contributed by atoms with Gasteiger partial charge in [-0.15, -0.1) is 0 Å². The molecular weight excluding hydrogens is 415 g/mol. The Kier molecular flexibility index (Phi) is 7.77. The Morgan fingerprint density at radius 1 is 1.19 bits per heavy atom. The van der Waals surface area contributed by atoms with Crippen LogP contribution in [0.1, 0.15) is 47.2 Å². The molecule has 170 valence electrons. The summed E-state index contributed by atoms with van der Waals surface area (Å²) in [5.74, 6) is -1.80. The fourth-order valence-electron chi connectivity index (χ4n) is 3.52. The van der Waals surface area contributed by atoms with Crippen molar-refractivity contribution >= 4 is 17.8 Å². The van der Waals surface area contributed by atoms with Crippen molar-refractivity contribution in [2.45, 2.75) is 50.8 Å². The largest absolute Gasteiger partial charge is 0.490 e. The van der Waals surface area contributed by atoms with E-state index in [2.05, 4.69) is 10.3 Å². The maximum Gasteiger partial charge on any atom is 0.320 e. The summed E-state index contributed by atoms with van der Waals surface area (Å²) in [6.07, 6.45) is 4.32. The van der Waals surface area contributed by atoms with Crippen molar-refractivity contribution in [2.75, 3.05) is 0 Å². The van der Waals surface area contributed by atoms with Crippen molar-refractivity contribution in [3.05, 3.63) is 65.0 Å². The van der Waals surface area contributed by atoms with Gasteiger partial charge in [-0.1, -0.05) is 18.2 Å². The lowest BCUT2D eigenvalue weighted by Crippen LogP contribution is -2.32. The van der Waals surface area contributed by atoms with Crippen molar-refractivity contribution in [1.29, 1.82) is 0 Å². The van der Waals surface area contributed by atoms with Gasteiger partial charge in [-0.3, -0.25) is 9.59 Å². The highest BCUT2D eigenvalue weighted by atomic mass is 19.1. The number of hydrogen-bond donors (Lipinski definition) is 4. The maximum atomic E-state index is 14.4. The van der Waals surface area contributed by atoms with Crippen LogP contribution in [0.2, 0.25) is 0 Å². The van der Waals surface area contributed by atoms with Crippen LogP contribution in [0.25, 0.3) is 0 Å². The Labute approximate surface area is 185 Å². The summed E-state index contributed by atoms with van der Waals surface area (Å²) in [5.41, 5.74) is 12.6. The summed E-state index contributed by atoms with van der Waals surface area (Å²) in [4.78, 5) is 27.0. The minimum absolute atomic E-state index is 0.0172. The number of guanidine groups is 1. The molecule has 1 aliphatic carbocycles. The quantitative estimate of drug-likeness (QED) is 0.363. The highest BCUT2D eigenvalue weighted by Crippen LogP contribution is 2.28. The molecule has 0 heterocycles. The van der Waals surface area contributed by atoms with Crippen LogP contribution in [-0.4, -0.2) is 35.1 Å². The predicted octanol–water partition coefficient (Wildman–Crippen LogP) is 2.35. The number of aliphatic imine (C=N–C) groups is 1. The van der Waals surface area contributed by atoms with E-state index in [1.807, 2.05) is 0 Å². The molecule has 1 aliphatic rings. The molecule has 6 N–H and O–H groups in total. The van der Waals surface area contributed by atoms with Crippen molar-refractivity contribution in [3.63, 3.8) is 0 Å². The topological polar surface area (TPSA) is 140 Å². The third-order valence-corrected chi connectivity index (χ3v) is 5.31. The first-order chi connectivity index (χ1) is 15.3. The first kappa shape index (κ1) is 23.2. The lowest BCUT2D eigenvalue weighted by Gasteiger charge is -2.17. The minimum atomic E-state index is -1.10. The number of carboxylic acid groups (broad SMARTS) is 1. The van der Waals surface area contributed by atoms with Gasteiger partial charge in [0.25, 0.3) is 5.91 Å². The number of nitrogens with zero attached hydrogens (tertiary/aromatic N) is 1. The number of carbonyl (C=O) groups is 2. The van der Waals surface area contributed by atoms with Crippen LogP contribution in [0.4, 0.5) is 4.39 Å². The van der Waals surface area contributed by atoms with E-state index in [0.717, 1.165) is 25.7 Å². The van der Waals surface area contributed by atoms with Crippen LogP contribution in [0.5, 0.6) is 5.75 Å². The zero-order chi connectivity index (χ0) is 23.1. The molecule has 2 aromatic carbocycles. The lowest BCUT2D eigenvalue weighted by atomic mass is 10.0. The molecule has 0 saturated heterocycles. The SMILES string of the molecule is NC(=NC(=O)c1ccc(CC(N)C(=O)O)cc1)NCc1c(F)cccc1OC1CCCC1. The molecule has 0 aliphatic heterocycles. The van der Waals surface area contributed by atoms with Gasteiger partial charge in [0.2, 0.25) is 0 Å². The van der Waals surface area contributed by atoms with E-state index in [-0.39, 0.29) is 30.6 Å². The third-order valence-electron chi connectivity index (χ3n) is 5.31. The van der Waals surface area contributed by atoms with E-state index in [0.29, 0.717) is 16.9 Å². The van der Waals surface area contributed by atoms with Gasteiger partial charge in [0.05, 0.1) is 6.10 Å². The van der Waals surface area contributed by atoms with Crippen LogP contribution in [0, 0.1) is 5.82 Å². The molecule has 1 fully saturated rings. The van der Waals surface area contributed by atoms with Crippen LogP contribution in [0.15, 0.2) is 47.5 Å². The summed E-state index contributed by atoms with van der Waals surface area (Å²) < 4.78 is 20.3. The Morgan fingerprint density at radius 2 is 1.88 bits per heavy atom. The summed E-state index contributed by atoms with van der Waals surface area (Å²) >= 11 is 0. The number of hydrogen-bond acceptors (Lipinski definition) is 4. The molecule has 1 atom stereocenters. The van der Waals surface area contributed by atoms with Crippen molar-refractivity contribution in [3.8, 4) is 5.75 Å². The predicted molar refractivity (Wildman–Crippen MR) is 118 cm³/mol. The molecule has 8 nitrogen and oxygen atoms in total. The number of nitrogens with two attached hydrogens (primary N) is 2. The first-order valence-corrected chi connectivity index (χ1v) is 10.5. The normalized spacial score (nSPS) is 15.4. The lowest BCUT2D eigenvalue weighted by molar-refractivity contribution is -0.138. The Morgan fingerprint density at radius 3 is 2.53 bits per heavy atom. The van der Waals surface area contributed by atoms with Crippen LogP contribution in [0.3, 0.4) is 0 Å². The average Bonchev–Trinajstić information content (AvgIpc) is 3.27. The third kappa shape index (κ3) is 6.27. The van der Waals surface area contributed by atoms with Crippen molar-refractivity contribution in [1.82, 2.24) is 5.32 Å². The van der Waals surface area contributed by atoms with Gasteiger partial charge in [0.15, 0.2) is 5.96 Å². The van der Waals surface area contributed by atoms with Crippen LogP contribution in [-0.2, 0) is 17.8 Å². The molecule has 9 heteroatoms. The van der Waals surface area contributed by atoms with Gasteiger partial charge in [0, 0.05) is 17.7 Å². The standard InChI is InChI=1S/C23H27FN4O4/c24-18-6-3-7-20(32-16-4-1-2-5-16)17(18)13-27-23(26)28-21(29)15-10-8-14(9-11-15)12-19(25)22(30)31/h3,6-11,16,19H,1-2,4-5,12-13,25H2,(H,30,31)(H3,26,27,28,29). The molecule has 1 amide bonds. The Hall–Kier alpha value is -3.46. The van der Waals surface area contributed by atoms with Gasteiger partial charge in [0.1, 0.15) is 17.6 Å². The van der Waals surface area contributed by atoms with Gasteiger partial charge < -0.3 is 26.6 Å². The number of amides is 1. The second-order valence-electron chi connectivity index (χ2n) is 7.74. The van der Waals surface area contributed by atoms with Crippen molar-refractivity contribution in [2.24, 2.45) is 16.5 Å². The summed E-state index contributed by atoms with van der Waals surface area (Å²) in [7, 11) is 0. The van der Waals surface area contributed by atoms with Gasteiger partial charge in [-0.05, 0) is 61.9 Å². The number of aliphatic carboxylic acids is 1. The molecule has 0 radical (unpaired) electrons. The van der Waals surface area contributed by atoms with Crippen LogP contribution >= 0.6 is 0 Å². The summed E-state index contributed by atoms with van der Waals surface area (Å²) in [5, 5.41) is 11.6. The number of benzene rings is 2. The van der Waals surface area contributed by atoms with Crippen molar-refractivity contribution < 1.29 is 23.8 Å². The Balaban J connectivity index is 1.61. The van der Waals surface area contributed by atoms with E-state index >= 15 is 0 Å². The molecule has 2 aromatic rings. The monoisotopic (exact) mass is 442 g/mol. The van der Waals surface area contributed by atoms with Gasteiger partial charge in [-0.25, -0.2) is 4.39 Å².